The minimum absolute atomic E-state index is 0.0272. The molecule has 1 fully saturated rings. The van der Waals surface area contributed by atoms with Gasteiger partial charge in [-0.1, -0.05) is 25.1 Å². The summed E-state index contributed by atoms with van der Waals surface area (Å²) in [5, 5.41) is 3.15. The summed E-state index contributed by atoms with van der Waals surface area (Å²) in [5.74, 6) is -0.0839. The van der Waals surface area contributed by atoms with Gasteiger partial charge in [0.15, 0.2) is 6.61 Å². The molecule has 0 saturated heterocycles. The number of aromatic nitrogens is 3. The van der Waals surface area contributed by atoms with Crippen LogP contribution < -0.4 is 21.3 Å². The SMILES string of the molecule is CCC(NC(=O)c1cnc2c(c1)c(=O)[nH]c(=O)n2C1CC1)c1ccccc1OCC(=O)N(C)C. The summed E-state index contributed by atoms with van der Waals surface area (Å²) < 4.78 is 7.21. The van der Waals surface area contributed by atoms with E-state index in [9.17, 15) is 19.2 Å². The number of rotatable bonds is 8. The average molecular weight is 466 g/mol. The molecule has 10 nitrogen and oxygen atoms in total. The van der Waals surface area contributed by atoms with Gasteiger partial charge in [-0.15, -0.1) is 0 Å². The number of para-hydroxylation sites is 1. The quantitative estimate of drug-likeness (QED) is 0.522. The van der Waals surface area contributed by atoms with E-state index in [2.05, 4.69) is 15.3 Å². The zero-order valence-corrected chi connectivity index (χ0v) is 19.3. The topological polar surface area (TPSA) is 126 Å². The third kappa shape index (κ3) is 4.70. The summed E-state index contributed by atoms with van der Waals surface area (Å²) >= 11 is 0. The van der Waals surface area contributed by atoms with E-state index in [0.29, 0.717) is 12.2 Å². The number of benzene rings is 1. The minimum atomic E-state index is -0.574. The number of H-pyrrole nitrogens is 1. The van der Waals surface area contributed by atoms with Crippen LogP contribution in [0.25, 0.3) is 11.0 Å². The molecule has 2 aromatic heterocycles. The van der Waals surface area contributed by atoms with Gasteiger partial charge in [-0.2, -0.15) is 0 Å². The highest BCUT2D eigenvalue weighted by Gasteiger charge is 2.28. The Morgan fingerprint density at radius 1 is 1.26 bits per heavy atom. The molecule has 1 atom stereocenters. The van der Waals surface area contributed by atoms with Gasteiger partial charge >= 0.3 is 5.69 Å². The minimum Gasteiger partial charge on any atom is -0.483 e. The van der Waals surface area contributed by atoms with E-state index in [4.69, 9.17) is 4.74 Å². The van der Waals surface area contributed by atoms with Crippen LogP contribution in [-0.4, -0.2) is 52.0 Å². The van der Waals surface area contributed by atoms with Gasteiger partial charge in [-0.05, 0) is 31.4 Å². The number of hydrogen-bond acceptors (Lipinski definition) is 6. The van der Waals surface area contributed by atoms with Gasteiger partial charge in [0, 0.05) is 31.9 Å². The first kappa shape index (κ1) is 23.2. The van der Waals surface area contributed by atoms with Crippen molar-refractivity contribution >= 4 is 22.8 Å². The molecule has 0 aliphatic heterocycles. The van der Waals surface area contributed by atoms with E-state index in [0.717, 1.165) is 18.4 Å². The van der Waals surface area contributed by atoms with Crippen LogP contribution in [0.2, 0.25) is 0 Å². The average Bonchev–Trinajstić information content (AvgIpc) is 3.66. The van der Waals surface area contributed by atoms with Crippen molar-refractivity contribution in [1.82, 2.24) is 24.8 Å². The molecule has 0 radical (unpaired) electrons. The second-order valence-corrected chi connectivity index (χ2v) is 8.50. The number of pyridine rings is 1. The lowest BCUT2D eigenvalue weighted by molar-refractivity contribution is -0.130. The lowest BCUT2D eigenvalue weighted by Crippen LogP contribution is -2.32. The fraction of sp³-hybridized carbons (Fsp3) is 0.375. The van der Waals surface area contributed by atoms with Crippen LogP contribution in [-0.2, 0) is 4.79 Å². The normalized spacial score (nSPS) is 14.0. The number of amides is 2. The number of likely N-dealkylation sites (N-methyl/N-ethyl adjacent to an activating group) is 1. The smallest absolute Gasteiger partial charge is 0.330 e. The zero-order valence-electron chi connectivity index (χ0n) is 19.3. The maximum atomic E-state index is 13.1. The monoisotopic (exact) mass is 465 g/mol. The van der Waals surface area contributed by atoms with Crippen molar-refractivity contribution in [2.24, 2.45) is 0 Å². The van der Waals surface area contributed by atoms with Gasteiger partial charge in [0.25, 0.3) is 17.4 Å². The molecule has 1 aromatic carbocycles. The molecule has 1 saturated carbocycles. The first-order valence-electron chi connectivity index (χ1n) is 11.2. The number of fused-ring (bicyclic) bond motifs is 1. The fourth-order valence-corrected chi connectivity index (χ4v) is 3.74. The Bertz CT molecular complexity index is 1360. The zero-order chi connectivity index (χ0) is 24.4. The highest BCUT2D eigenvalue weighted by Crippen LogP contribution is 2.34. The summed E-state index contributed by atoms with van der Waals surface area (Å²) in [6.07, 6.45) is 3.65. The number of nitrogens with zero attached hydrogens (tertiary/aromatic N) is 3. The lowest BCUT2D eigenvalue weighted by atomic mass is 10.0. The summed E-state index contributed by atoms with van der Waals surface area (Å²) in [5.41, 5.74) is 0.164. The maximum absolute atomic E-state index is 13.1. The standard InChI is InChI=1S/C24H27N5O5/c1-4-18(16-7-5-6-8-19(16)34-13-20(30)28(2)3)26-22(31)14-11-17-21(25-12-14)29(15-9-10-15)24(33)27-23(17)32/h5-8,11-12,15,18H,4,9-10,13H2,1-3H3,(H,26,31)(H,27,32,33). The summed E-state index contributed by atoms with van der Waals surface area (Å²) in [6.45, 7) is 1.80. The molecule has 2 heterocycles. The first-order chi connectivity index (χ1) is 16.3. The van der Waals surface area contributed by atoms with Crippen LogP contribution in [0, 0.1) is 0 Å². The third-order valence-electron chi connectivity index (χ3n) is 5.81. The van der Waals surface area contributed by atoms with Crippen LogP contribution >= 0.6 is 0 Å². The molecule has 10 heteroatoms. The van der Waals surface area contributed by atoms with Crippen LogP contribution in [0.3, 0.4) is 0 Å². The number of nitrogens with one attached hydrogen (secondary N) is 2. The molecule has 178 valence electrons. The summed E-state index contributed by atoms with van der Waals surface area (Å²) in [7, 11) is 3.30. The van der Waals surface area contributed by atoms with Crippen molar-refractivity contribution in [2.45, 2.75) is 38.3 Å². The highest BCUT2D eigenvalue weighted by atomic mass is 16.5. The third-order valence-corrected chi connectivity index (χ3v) is 5.81. The Morgan fingerprint density at radius 3 is 2.68 bits per heavy atom. The Labute approximate surface area is 195 Å². The molecular formula is C24H27N5O5. The Kier molecular flexibility index (Phi) is 6.49. The summed E-state index contributed by atoms with van der Waals surface area (Å²) in [4.78, 5) is 57.7. The van der Waals surface area contributed by atoms with Crippen molar-refractivity contribution in [3.8, 4) is 5.75 Å². The number of ether oxygens (including phenoxy) is 1. The van der Waals surface area contributed by atoms with Gasteiger partial charge in [0.1, 0.15) is 11.4 Å². The Morgan fingerprint density at radius 2 is 2.00 bits per heavy atom. The van der Waals surface area contributed by atoms with Gasteiger partial charge in [-0.3, -0.25) is 23.9 Å². The van der Waals surface area contributed by atoms with Crippen molar-refractivity contribution < 1.29 is 14.3 Å². The molecule has 0 bridgehead atoms. The van der Waals surface area contributed by atoms with Crippen molar-refractivity contribution in [2.75, 3.05) is 20.7 Å². The second-order valence-electron chi connectivity index (χ2n) is 8.50. The van der Waals surface area contributed by atoms with Gasteiger partial charge < -0.3 is 15.0 Å². The molecule has 1 aliphatic rings. The van der Waals surface area contributed by atoms with E-state index < -0.39 is 23.2 Å². The fourth-order valence-electron chi connectivity index (χ4n) is 3.74. The van der Waals surface area contributed by atoms with Crippen molar-refractivity contribution in [1.29, 1.82) is 0 Å². The van der Waals surface area contributed by atoms with Crippen LogP contribution in [0.15, 0.2) is 46.1 Å². The van der Waals surface area contributed by atoms with Crippen LogP contribution in [0.5, 0.6) is 5.75 Å². The van der Waals surface area contributed by atoms with Crippen LogP contribution in [0.1, 0.15) is 54.2 Å². The molecule has 2 N–H and O–H groups in total. The second kappa shape index (κ2) is 9.50. The number of aromatic amines is 1. The van der Waals surface area contributed by atoms with Gasteiger partial charge in [0.2, 0.25) is 0 Å². The maximum Gasteiger partial charge on any atom is 0.330 e. The van der Waals surface area contributed by atoms with E-state index in [1.165, 1.54) is 21.7 Å². The van der Waals surface area contributed by atoms with Crippen LogP contribution in [0.4, 0.5) is 0 Å². The summed E-state index contributed by atoms with van der Waals surface area (Å²) in [6, 6.07) is 8.31. The molecule has 3 aromatic rings. The van der Waals surface area contributed by atoms with E-state index in [1.54, 1.807) is 26.2 Å². The predicted octanol–water partition coefficient (Wildman–Crippen LogP) is 1.77. The number of hydrogen-bond donors (Lipinski definition) is 2. The molecule has 2 amide bonds. The molecule has 1 unspecified atom stereocenters. The van der Waals surface area contributed by atoms with Crippen molar-refractivity contribution in [3.05, 3.63) is 68.5 Å². The van der Waals surface area contributed by atoms with E-state index >= 15 is 0 Å². The first-order valence-corrected chi connectivity index (χ1v) is 11.2. The molecule has 34 heavy (non-hydrogen) atoms. The van der Waals surface area contributed by atoms with E-state index in [-0.39, 0.29) is 35.2 Å². The molecule has 1 aliphatic carbocycles. The molecule has 0 spiro atoms. The van der Waals surface area contributed by atoms with Gasteiger partial charge in [-0.25, -0.2) is 9.78 Å². The highest BCUT2D eigenvalue weighted by molar-refractivity contribution is 5.97. The number of carbonyl (C=O) groups excluding carboxylic acids is 2. The lowest BCUT2D eigenvalue weighted by Gasteiger charge is -2.21. The Balaban J connectivity index is 1.59. The Hall–Kier alpha value is -3.95. The van der Waals surface area contributed by atoms with Crippen molar-refractivity contribution in [3.63, 3.8) is 0 Å². The van der Waals surface area contributed by atoms with Gasteiger partial charge in [0.05, 0.1) is 17.0 Å². The molecular weight excluding hydrogens is 438 g/mol. The predicted molar refractivity (Wildman–Crippen MR) is 126 cm³/mol. The largest absolute Gasteiger partial charge is 0.483 e. The van der Waals surface area contributed by atoms with E-state index in [1.807, 2.05) is 19.1 Å². The molecule has 4 rings (SSSR count). The number of carbonyl (C=O) groups is 2.